The normalized spacial score (nSPS) is 28.4. The van der Waals surface area contributed by atoms with Crippen LogP contribution in [0.15, 0.2) is 0 Å². The minimum Gasteiger partial charge on any atom is -0.376 e. The van der Waals surface area contributed by atoms with E-state index in [1.54, 1.807) is 6.92 Å². The standard InChI is InChI=1S/C11H23N3O2/c1-8(6-11(3,13)10(12)15)14-4-5-16-9(2)7-14/h8-9H,4-7,13H2,1-3H3,(H2,12,15). The Hall–Kier alpha value is -0.650. The van der Waals surface area contributed by atoms with E-state index in [0.717, 1.165) is 19.7 Å². The molecule has 4 N–H and O–H groups in total. The van der Waals surface area contributed by atoms with Crippen LogP contribution in [-0.2, 0) is 9.53 Å². The number of hydrogen-bond acceptors (Lipinski definition) is 4. The predicted molar refractivity (Wildman–Crippen MR) is 62.9 cm³/mol. The third-order valence-electron chi connectivity index (χ3n) is 3.18. The van der Waals surface area contributed by atoms with E-state index in [1.165, 1.54) is 0 Å². The minimum absolute atomic E-state index is 0.244. The molecule has 1 amide bonds. The smallest absolute Gasteiger partial charge is 0.237 e. The summed E-state index contributed by atoms with van der Waals surface area (Å²) < 4.78 is 5.47. The van der Waals surface area contributed by atoms with Crippen LogP contribution in [0.3, 0.4) is 0 Å². The summed E-state index contributed by atoms with van der Waals surface area (Å²) >= 11 is 0. The van der Waals surface area contributed by atoms with E-state index in [2.05, 4.69) is 18.7 Å². The van der Waals surface area contributed by atoms with Gasteiger partial charge in [-0.25, -0.2) is 0 Å². The lowest BCUT2D eigenvalue weighted by Crippen LogP contribution is -2.55. The molecule has 1 fully saturated rings. The third kappa shape index (κ3) is 3.43. The molecular weight excluding hydrogens is 206 g/mol. The second kappa shape index (κ2) is 5.12. The predicted octanol–water partition coefficient (Wildman–Crippen LogP) is -0.312. The largest absolute Gasteiger partial charge is 0.376 e. The van der Waals surface area contributed by atoms with Crippen molar-refractivity contribution in [3.8, 4) is 0 Å². The maximum absolute atomic E-state index is 11.2. The first kappa shape index (κ1) is 13.4. The molecule has 3 atom stereocenters. The third-order valence-corrected chi connectivity index (χ3v) is 3.18. The maximum atomic E-state index is 11.2. The van der Waals surface area contributed by atoms with Crippen LogP contribution in [0.4, 0.5) is 0 Å². The molecule has 16 heavy (non-hydrogen) atoms. The number of carbonyl (C=O) groups is 1. The zero-order valence-electron chi connectivity index (χ0n) is 10.4. The zero-order valence-corrected chi connectivity index (χ0v) is 10.4. The summed E-state index contributed by atoms with van der Waals surface area (Å²) in [6, 6.07) is 0.244. The fraction of sp³-hybridized carbons (Fsp3) is 0.909. The summed E-state index contributed by atoms with van der Waals surface area (Å²) in [7, 11) is 0. The van der Waals surface area contributed by atoms with Gasteiger partial charge in [0.25, 0.3) is 0 Å². The van der Waals surface area contributed by atoms with Gasteiger partial charge >= 0.3 is 0 Å². The first-order chi connectivity index (χ1) is 7.33. The molecule has 5 heteroatoms. The fourth-order valence-electron chi connectivity index (χ4n) is 2.09. The first-order valence-electron chi connectivity index (χ1n) is 5.77. The lowest BCUT2D eigenvalue weighted by Gasteiger charge is -2.38. The molecule has 0 radical (unpaired) electrons. The first-order valence-corrected chi connectivity index (χ1v) is 5.77. The number of carbonyl (C=O) groups excluding carboxylic acids is 1. The Balaban J connectivity index is 2.51. The number of nitrogens with two attached hydrogens (primary N) is 2. The van der Waals surface area contributed by atoms with Gasteiger partial charge in [0.1, 0.15) is 0 Å². The van der Waals surface area contributed by atoms with Crippen LogP contribution in [-0.4, -0.2) is 48.2 Å². The quantitative estimate of drug-likeness (QED) is 0.693. The van der Waals surface area contributed by atoms with Crippen LogP contribution in [0.2, 0.25) is 0 Å². The number of morpholine rings is 1. The Morgan fingerprint density at radius 2 is 2.31 bits per heavy atom. The van der Waals surface area contributed by atoms with Crippen molar-refractivity contribution in [3.05, 3.63) is 0 Å². The molecule has 0 bridgehead atoms. The van der Waals surface area contributed by atoms with Crippen LogP contribution in [0.25, 0.3) is 0 Å². The number of primary amides is 1. The van der Waals surface area contributed by atoms with Gasteiger partial charge in [0.2, 0.25) is 5.91 Å². The molecule has 1 saturated heterocycles. The van der Waals surface area contributed by atoms with Gasteiger partial charge in [-0.1, -0.05) is 0 Å². The van der Waals surface area contributed by atoms with Crippen molar-refractivity contribution in [2.24, 2.45) is 11.5 Å². The summed E-state index contributed by atoms with van der Waals surface area (Å²) in [5.41, 5.74) is 10.2. The van der Waals surface area contributed by atoms with E-state index in [4.69, 9.17) is 16.2 Å². The molecule has 0 aromatic heterocycles. The Labute approximate surface area is 97.1 Å². The Morgan fingerprint density at radius 1 is 1.69 bits per heavy atom. The average molecular weight is 229 g/mol. The van der Waals surface area contributed by atoms with Gasteiger partial charge in [0, 0.05) is 19.1 Å². The number of nitrogens with zero attached hydrogens (tertiary/aromatic N) is 1. The number of hydrogen-bond donors (Lipinski definition) is 2. The van der Waals surface area contributed by atoms with E-state index in [0.29, 0.717) is 6.42 Å². The number of amides is 1. The van der Waals surface area contributed by atoms with Gasteiger partial charge < -0.3 is 16.2 Å². The molecule has 1 rings (SSSR count). The van der Waals surface area contributed by atoms with Crippen molar-refractivity contribution < 1.29 is 9.53 Å². The molecule has 1 aliphatic rings. The monoisotopic (exact) mass is 229 g/mol. The number of ether oxygens (including phenoxy) is 1. The van der Waals surface area contributed by atoms with E-state index < -0.39 is 11.4 Å². The molecule has 1 heterocycles. The molecule has 0 saturated carbocycles. The van der Waals surface area contributed by atoms with Crippen molar-refractivity contribution in [3.63, 3.8) is 0 Å². The average Bonchev–Trinajstić information content (AvgIpc) is 2.16. The maximum Gasteiger partial charge on any atom is 0.237 e. The Morgan fingerprint density at radius 3 is 2.81 bits per heavy atom. The molecule has 0 aliphatic carbocycles. The molecule has 1 aliphatic heterocycles. The second-order valence-electron chi connectivity index (χ2n) is 5.01. The molecule has 94 valence electrons. The highest BCUT2D eigenvalue weighted by Gasteiger charge is 2.31. The molecule has 0 aromatic rings. The summed E-state index contributed by atoms with van der Waals surface area (Å²) in [5, 5.41) is 0. The summed E-state index contributed by atoms with van der Waals surface area (Å²) in [5.74, 6) is -0.444. The van der Waals surface area contributed by atoms with Crippen molar-refractivity contribution in [1.82, 2.24) is 4.90 Å². The van der Waals surface area contributed by atoms with Crippen LogP contribution in [0.5, 0.6) is 0 Å². The van der Waals surface area contributed by atoms with Gasteiger partial charge in [-0.3, -0.25) is 9.69 Å². The highest BCUT2D eigenvalue weighted by molar-refractivity contribution is 5.83. The van der Waals surface area contributed by atoms with Gasteiger partial charge in [-0.05, 0) is 27.2 Å². The second-order valence-corrected chi connectivity index (χ2v) is 5.01. The molecule has 0 aromatic carbocycles. The molecule has 3 unspecified atom stereocenters. The van der Waals surface area contributed by atoms with Crippen LogP contribution >= 0.6 is 0 Å². The molecular formula is C11H23N3O2. The highest BCUT2D eigenvalue weighted by atomic mass is 16.5. The van der Waals surface area contributed by atoms with Gasteiger partial charge in [-0.2, -0.15) is 0 Å². The topological polar surface area (TPSA) is 81.6 Å². The summed E-state index contributed by atoms with van der Waals surface area (Å²) in [4.78, 5) is 13.5. The fourth-order valence-corrected chi connectivity index (χ4v) is 2.09. The van der Waals surface area contributed by atoms with Crippen molar-refractivity contribution in [2.75, 3.05) is 19.7 Å². The lowest BCUT2D eigenvalue weighted by atomic mass is 9.93. The zero-order chi connectivity index (χ0) is 12.3. The summed E-state index contributed by atoms with van der Waals surface area (Å²) in [6.07, 6.45) is 0.823. The Bertz CT molecular complexity index is 256. The van der Waals surface area contributed by atoms with Crippen molar-refractivity contribution >= 4 is 5.91 Å². The van der Waals surface area contributed by atoms with Crippen LogP contribution in [0.1, 0.15) is 27.2 Å². The molecule has 0 spiro atoms. The number of rotatable bonds is 4. The van der Waals surface area contributed by atoms with Crippen LogP contribution < -0.4 is 11.5 Å². The van der Waals surface area contributed by atoms with Gasteiger partial charge in [0.05, 0.1) is 18.2 Å². The van der Waals surface area contributed by atoms with E-state index >= 15 is 0 Å². The minimum atomic E-state index is -0.930. The molecule has 5 nitrogen and oxygen atoms in total. The van der Waals surface area contributed by atoms with E-state index in [-0.39, 0.29) is 12.1 Å². The Kier molecular flexibility index (Phi) is 4.29. The SMILES string of the molecule is CC1CN(C(C)CC(C)(N)C(N)=O)CCO1. The van der Waals surface area contributed by atoms with Gasteiger partial charge in [-0.15, -0.1) is 0 Å². The van der Waals surface area contributed by atoms with Crippen molar-refractivity contribution in [1.29, 1.82) is 0 Å². The summed E-state index contributed by atoms with van der Waals surface area (Å²) in [6.45, 7) is 8.33. The van der Waals surface area contributed by atoms with E-state index in [9.17, 15) is 4.79 Å². The lowest BCUT2D eigenvalue weighted by molar-refractivity contribution is -0.123. The van der Waals surface area contributed by atoms with Crippen molar-refractivity contribution in [2.45, 2.75) is 44.9 Å². The highest BCUT2D eigenvalue weighted by Crippen LogP contribution is 2.16. The van der Waals surface area contributed by atoms with Crippen LogP contribution in [0, 0.1) is 0 Å². The van der Waals surface area contributed by atoms with E-state index in [1.807, 2.05) is 0 Å². The van der Waals surface area contributed by atoms with Gasteiger partial charge in [0.15, 0.2) is 0 Å².